The summed E-state index contributed by atoms with van der Waals surface area (Å²) in [5, 5.41) is 11.8. The van der Waals surface area contributed by atoms with Crippen molar-refractivity contribution in [1.82, 2.24) is 25.4 Å². The third kappa shape index (κ3) is 6.21. The third-order valence-corrected chi connectivity index (χ3v) is 5.10. The molecule has 3 rings (SSSR count). The van der Waals surface area contributed by atoms with Crippen molar-refractivity contribution in [3.8, 4) is 11.6 Å². The molecule has 164 valence electrons. The molecule has 0 unspecified atom stereocenters. The van der Waals surface area contributed by atoms with Gasteiger partial charge in [-0.25, -0.2) is 14.7 Å². The van der Waals surface area contributed by atoms with Crippen LogP contribution >= 0.6 is 11.6 Å². The van der Waals surface area contributed by atoms with E-state index in [-0.39, 0.29) is 0 Å². The first-order chi connectivity index (χ1) is 15.0. The van der Waals surface area contributed by atoms with Gasteiger partial charge >= 0.3 is 0 Å². The smallest absolute Gasteiger partial charge is 0.191 e. The minimum Gasteiger partial charge on any atom is -0.497 e. The van der Waals surface area contributed by atoms with E-state index < -0.39 is 0 Å². The van der Waals surface area contributed by atoms with Gasteiger partial charge in [-0.3, -0.25) is 0 Å². The van der Waals surface area contributed by atoms with Gasteiger partial charge in [0.05, 0.1) is 19.3 Å². The first kappa shape index (κ1) is 22.6. The van der Waals surface area contributed by atoms with E-state index in [1.54, 1.807) is 7.11 Å². The molecule has 0 aliphatic carbocycles. The molecule has 0 atom stereocenters. The van der Waals surface area contributed by atoms with Crippen LogP contribution in [-0.4, -0.2) is 40.9 Å². The summed E-state index contributed by atoms with van der Waals surface area (Å²) in [6.45, 7) is 8.07. The lowest BCUT2D eigenvalue weighted by Gasteiger charge is -2.12. The van der Waals surface area contributed by atoms with Crippen LogP contribution in [-0.2, 0) is 13.0 Å². The molecular weight excluding hydrogens is 412 g/mol. The largest absolute Gasteiger partial charge is 0.497 e. The Hall–Kier alpha value is -3.06. The van der Waals surface area contributed by atoms with E-state index in [1.807, 2.05) is 68.0 Å². The number of aryl methyl sites for hydroxylation is 2. The lowest BCUT2D eigenvalue weighted by Crippen LogP contribution is -2.38. The van der Waals surface area contributed by atoms with Gasteiger partial charge in [0, 0.05) is 30.0 Å². The minimum atomic E-state index is 0.531. The molecule has 0 saturated heterocycles. The number of halogens is 1. The quantitative estimate of drug-likeness (QED) is 0.411. The van der Waals surface area contributed by atoms with Crippen LogP contribution in [0.4, 0.5) is 0 Å². The van der Waals surface area contributed by atoms with Crippen LogP contribution < -0.4 is 15.4 Å². The van der Waals surface area contributed by atoms with Gasteiger partial charge in [0.2, 0.25) is 0 Å². The van der Waals surface area contributed by atoms with Crippen LogP contribution in [0.25, 0.3) is 5.82 Å². The van der Waals surface area contributed by atoms with Crippen molar-refractivity contribution >= 4 is 17.6 Å². The van der Waals surface area contributed by atoms with Crippen LogP contribution in [0, 0.1) is 13.8 Å². The average molecular weight is 441 g/mol. The Morgan fingerprint density at radius 3 is 2.61 bits per heavy atom. The van der Waals surface area contributed by atoms with E-state index in [4.69, 9.17) is 16.3 Å². The summed E-state index contributed by atoms with van der Waals surface area (Å²) in [6.07, 6.45) is 2.63. The van der Waals surface area contributed by atoms with Gasteiger partial charge in [0.15, 0.2) is 11.8 Å². The number of nitrogens with one attached hydrogen (secondary N) is 2. The van der Waals surface area contributed by atoms with Gasteiger partial charge in [-0.2, -0.15) is 5.10 Å². The number of rotatable bonds is 8. The number of nitrogens with zero attached hydrogens (tertiary/aromatic N) is 4. The SMILES string of the molecule is CCNC(=NCc1ccc(-n2nc(C)cc2C)nc1)NCCc1ccc(OC)cc1Cl. The molecule has 0 aliphatic rings. The fraction of sp³-hybridized carbons (Fsp3) is 0.348. The van der Waals surface area contributed by atoms with E-state index >= 15 is 0 Å². The monoisotopic (exact) mass is 440 g/mol. The summed E-state index contributed by atoms with van der Waals surface area (Å²) in [4.78, 5) is 9.21. The second-order valence-electron chi connectivity index (χ2n) is 7.19. The summed E-state index contributed by atoms with van der Waals surface area (Å²) >= 11 is 6.33. The molecule has 3 aromatic rings. The summed E-state index contributed by atoms with van der Waals surface area (Å²) in [6, 6.07) is 11.8. The Balaban J connectivity index is 1.58. The topological polar surface area (TPSA) is 76.4 Å². The third-order valence-electron chi connectivity index (χ3n) is 4.75. The standard InChI is InChI=1S/C23H29ClN6O/c1-5-25-23(26-11-10-19-7-8-20(31-4)13-21(19)24)28-15-18-6-9-22(27-14-18)30-17(3)12-16(2)29-30/h6-9,12-14H,5,10-11,15H2,1-4H3,(H2,25,26,28). The molecule has 2 aromatic heterocycles. The fourth-order valence-electron chi connectivity index (χ4n) is 3.18. The van der Waals surface area contributed by atoms with Crippen molar-refractivity contribution in [3.05, 3.63) is 70.1 Å². The van der Waals surface area contributed by atoms with Gasteiger partial charge < -0.3 is 15.4 Å². The summed E-state index contributed by atoms with van der Waals surface area (Å²) in [5.41, 5.74) is 4.13. The molecule has 0 aliphatic heterocycles. The molecule has 2 heterocycles. The molecule has 2 N–H and O–H groups in total. The highest BCUT2D eigenvalue weighted by Gasteiger charge is 2.06. The molecule has 0 bridgehead atoms. The normalized spacial score (nSPS) is 11.5. The van der Waals surface area contributed by atoms with Gasteiger partial charge in [0.25, 0.3) is 0 Å². The summed E-state index contributed by atoms with van der Waals surface area (Å²) in [5.74, 6) is 2.32. The molecule has 31 heavy (non-hydrogen) atoms. The van der Waals surface area contributed by atoms with Crippen molar-refractivity contribution in [2.75, 3.05) is 20.2 Å². The first-order valence-corrected chi connectivity index (χ1v) is 10.7. The maximum atomic E-state index is 6.33. The molecular formula is C23H29ClN6O. The molecule has 1 aromatic carbocycles. The lowest BCUT2D eigenvalue weighted by atomic mass is 10.1. The second-order valence-corrected chi connectivity index (χ2v) is 7.60. The Labute approximate surface area is 188 Å². The zero-order valence-corrected chi connectivity index (χ0v) is 19.2. The van der Waals surface area contributed by atoms with Crippen LogP contribution in [0.2, 0.25) is 5.02 Å². The highest BCUT2D eigenvalue weighted by molar-refractivity contribution is 6.31. The van der Waals surface area contributed by atoms with Crippen molar-refractivity contribution in [2.24, 2.45) is 4.99 Å². The van der Waals surface area contributed by atoms with Crippen molar-refractivity contribution in [2.45, 2.75) is 33.7 Å². The van der Waals surface area contributed by atoms with E-state index in [1.165, 1.54) is 0 Å². The number of aromatic nitrogens is 3. The predicted molar refractivity (Wildman–Crippen MR) is 125 cm³/mol. The first-order valence-electron chi connectivity index (χ1n) is 10.3. The zero-order valence-electron chi connectivity index (χ0n) is 18.4. The van der Waals surface area contributed by atoms with Crippen LogP contribution in [0.3, 0.4) is 0 Å². The highest BCUT2D eigenvalue weighted by atomic mass is 35.5. The van der Waals surface area contributed by atoms with Crippen molar-refractivity contribution in [3.63, 3.8) is 0 Å². The van der Waals surface area contributed by atoms with Gasteiger partial charge in [-0.05, 0) is 62.6 Å². The Morgan fingerprint density at radius 1 is 1.16 bits per heavy atom. The molecule has 0 saturated carbocycles. The van der Waals surface area contributed by atoms with Gasteiger partial charge in [-0.15, -0.1) is 0 Å². The number of benzene rings is 1. The molecule has 7 nitrogen and oxygen atoms in total. The van der Waals surface area contributed by atoms with Gasteiger partial charge in [0.1, 0.15) is 5.75 Å². The molecule has 0 radical (unpaired) electrons. The van der Waals surface area contributed by atoms with E-state index in [2.05, 4.69) is 25.7 Å². The van der Waals surface area contributed by atoms with Crippen molar-refractivity contribution in [1.29, 1.82) is 0 Å². The van der Waals surface area contributed by atoms with E-state index in [0.717, 1.165) is 53.0 Å². The highest BCUT2D eigenvalue weighted by Crippen LogP contribution is 2.22. The molecule has 0 amide bonds. The maximum Gasteiger partial charge on any atom is 0.191 e. The minimum absolute atomic E-state index is 0.531. The van der Waals surface area contributed by atoms with Crippen LogP contribution in [0.1, 0.15) is 29.4 Å². The lowest BCUT2D eigenvalue weighted by molar-refractivity contribution is 0.414. The predicted octanol–water partition coefficient (Wildman–Crippen LogP) is 3.84. The van der Waals surface area contributed by atoms with Gasteiger partial charge in [-0.1, -0.05) is 23.7 Å². The van der Waals surface area contributed by atoms with E-state index in [9.17, 15) is 0 Å². The maximum absolute atomic E-state index is 6.33. The number of guanidine groups is 1. The second kappa shape index (κ2) is 10.8. The Morgan fingerprint density at radius 2 is 2.00 bits per heavy atom. The number of aliphatic imine (C=N–C) groups is 1. The Bertz CT molecular complexity index is 1030. The number of ether oxygens (including phenoxy) is 1. The zero-order chi connectivity index (χ0) is 22.2. The average Bonchev–Trinajstić information content (AvgIpc) is 3.11. The molecule has 0 fully saturated rings. The summed E-state index contributed by atoms with van der Waals surface area (Å²) in [7, 11) is 1.63. The Kier molecular flexibility index (Phi) is 7.89. The summed E-state index contributed by atoms with van der Waals surface area (Å²) < 4.78 is 7.04. The van der Waals surface area contributed by atoms with E-state index in [0.29, 0.717) is 18.1 Å². The fourth-order valence-corrected chi connectivity index (χ4v) is 3.45. The van der Waals surface area contributed by atoms with Crippen LogP contribution in [0.15, 0.2) is 47.6 Å². The van der Waals surface area contributed by atoms with Crippen LogP contribution in [0.5, 0.6) is 5.75 Å². The number of hydrogen-bond acceptors (Lipinski definition) is 4. The molecule has 8 heteroatoms. The number of hydrogen-bond donors (Lipinski definition) is 2. The number of pyridine rings is 1. The molecule has 0 spiro atoms. The number of methoxy groups -OCH3 is 1. The van der Waals surface area contributed by atoms with Crippen molar-refractivity contribution < 1.29 is 4.74 Å².